The molecule has 0 aliphatic heterocycles. The molecule has 180 valence electrons. The van der Waals surface area contributed by atoms with Crippen LogP contribution in [0.25, 0.3) is 0 Å². The lowest BCUT2D eigenvalue weighted by atomic mass is 10.1. The van der Waals surface area contributed by atoms with Gasteiger partial charge in [0, 0.05) is 12.2 Å². The number of rotatable bonds is 12. The molecule has 0 radical (unpaired) electrons. The van der Waals surface area contributed by atoms with Crippen molar-refractivity contribution in [1.29, 1.82) is 0 Å². The van der Waals surface area contributed by atoms with Crippen LogP contribution in [-0.4, -0.2) is 31.8 Å². The van der Waals surface area contributed by atoms with Crippen molar-refractivity contribution < 1.29 is 17.9 Å². The van der Waals surface area contributed by atoms with Crippen LogP contribution in [0.5, 0.6) is 5.75 Å². The highest BCUT2D eigenvalue weighted by molar-refractivity contribution is 7.89. The maximum absolute atomic E-state index is 13.4. The van der Waals surface area contributed by atoms with Gasteiger partial charge in [-0.2, -0.15) is 4.31 Å². The van der Waals surface area contributed by atoms with Gasteiger partial charge in [0.25, 0.3) is 0 Å². The zero-order valence-electron chi connectivity index (χ0n) is 19.7. The molecule has 7 heteroatoms. The molecule has 0 bridgehead atoms. The van der Waals surface area contributed by atoms with Crippen molar-refractivity contribution in [2.24, 2.45) is 0 Å². The lowest BCUT2D eigenvalue weighted by Crippen LogP contribution is -2.37. The number of unbranched alkanes of at least 4 members (excludes halogenated alkanes) is 1. The van der Waals surface area contributed by atoms with Crippen LogP contribution in [0.4, 0.5) is 5.69 Å². The molecular formula is C27H32N2O4S. The predicted molar refractivity (Wildman–Crippen MR) is 135 cm³/mol. The van der Waals surface area contributed by atoms with Crippen molar-refractivity contribution >= 4 is 21.6 Å². The SMILES string of the molecule is CCCCc1ccc(NC(=O)CN(Cc2ccccc2)S(=O)(=O)c2ccc(OCC)cc2)cc1. The lowest BCUT2D eigenvalue weighted by Gasteiger charge is -2.22. The van der Waals surface area contributed by atoms with E-state index < -0.39 is 15.9 Å². The molecule has 0 fully saturated rings. The van der Waals surface area contributed by atoms with E-state index >= 15 is 0 Å². The number of carbonyl (C=O) groups is 1. The molecule has 0 saturated heterocycles. The summed E-state index contributed by atoms with van der Waals surface area (Å²) in [5.74, 6) is 0.197. The Kier molecular flexibility index (Phi) is 9.24. The van der Waals surface area contributed by atoms with E-state index in [-0.39, 0.29) is 18.0 Å². The number of sulfonamides is 1. The Labute approximate surface area is 202 Å². The number of carbonyl (C=O) groups excluding carboxylic acids is 1. The van der Waals surface area contributed by atoms with E-state index in [9.17, 15) is 13.2 Å². The molecule has 3 aromatic rings. The average Bonchev–Trinajstić information content (AvgIpc) is 2.84. The van der Waals surface area contributed by atoms with Crippen molar-refractivity contribution in [3.63, 3.8) is 0 Å². The third kappa shape index (κ3) is 7.17. The van der Waals surface area contributed by atoms with E-state index in [1.807, 2.05) is 61.5 Å². The molecule has 34 heavy (non-hydrogen) atoms. The second-order valence-corrected chi connectivity index (χ2v) is 9.95. The van der Waals surface area contributed by atoms with Crippen molar-refractivity contribution in [3.8, 4) is 5.75 Å². The van der Waals surface area contributed by atoms with Gasteiger partial charge < -0.3 is 10.1 Å². The average molecular weight is 481 g/mol. The van der Waals surface area contributed by atoms with E-state index in [0.717, 1.165) is 24.8 Å². The van der Waals surface area contributed by atoms with Gasteiger partial charge in [-0.25, -0.2) is 8.42 Å². The number of anilines is 1. The summed E-state index contributed by atoms with van der Waals surface area (Å²) in [4.78, 5) is 13.0. The van der Waals surface area contributed by atoms with Gasteiger partial charge in [0.2, 0.25) is 15.9 Å². The molecule has 6 nitrogen and oxygen atoms in total. The number of hydrogen-bond donors (Lipinski definition) is 1. The van der Waals surface area contributed by atoms with Crippen molar-refractivity contribution in [2.75, 3.05) is 18.5 Å². The summed E-state index contributed by atoms with van der Waals surface area (Å²) in [6, 6.07) is 23.2. The third-order valence-corrected chi connectivity index (χ3v) is 7.16. The molecule has 3 aromatic carbocycles. The Morgan fingerprint density at radius 1 is 0.882 bits per heavy atom. The van der Waals surface area contributed by atoms with E-state index in [1.165, 1.54) is 22.0 Å². The minimum absolute atomic E-state index is 0.0831. The van der Waals surface area contributed by atoms with Crippen LogP contribution in [0.2, 0.25) is 0 Å². The van der Waals surface area contributed by atoms with E-state index in [1.54, 1.807) is 12.1 Å². The maximum atomic E-state index is 13.4. The van der Waals surface area contributed by atoms with Gasteiger partial charge >= 0.3 is 0 Å². The number of amides is 1. The fraction of sp³-hybridized carbons (Fsp3) is 0.296. The number of nitrogens with one attached hydrogen (secondary N) is 1. The molecular weight excluding hydrogens is 448 g/mol. The second kappa shape index (κ2) is 12.3. The highest BCUT2D eigenvalue weighted by atomic mass is 32.2. The first-order valence-corrected chi connectivity index (χ1v) is 13.0. The molecule has 0 atom stereocenters. The third-order valence-electron chi connectivity index (χ3n) is 5.35. The Hall–Kier alpha value is -3.16. The van der Waals surface area contributed by atoms with Gasteiger partial charge in [0.05, 0.1) is 18.0 Å². The topological polar surface area (TPSA) is 75.7 Å². The molecule has 0 spiro atoms. The summed E-state index contributed by atoms with van der Waals surface area (Å²) < 4.78 is 33.5. The molecule has 0 aromatic heterocycles. The maximum Gasteiger partial charge on any atom is 0.243 e. The van der Waals surface area contributed by atoms with E-state index in [0.29, 0.717) is 18.0 Å². The summed E-state index contributed by atoms with van der Waals surface area (Å²) >= 11 is 0. The Balaban J connectivity index is 1.77. The number of aryl methyl sites for hydroxylation is 1. The van der Waals surface area contributed by atoms with Gasteiger partial charge in [-0.3, -0.25) is 4.79 Å². The first-order valence-electron chi connectivity index (χ1n) is 11.6. The highest BCUT2D eigenvalue weighted by Crippen LogP contribution is 2.22. The van der Waals surface area contributed by atoms with Crippen LogP contribution in [0, 0.1) is 0 Å². The molecule has 1 amide bonds. The smallest absolute Gasteiger partial charge is 0.243 e. The van der Waals surface area contributed by atoms with Crippen molar-refractivity contribution in [3.05, 3.63) is 90.0 Å². The van der Waals surface area contributed by atoms with Gasteiger partial charge in [0.15, 0.2) is 0 Å². The van der Waals surface area contributed by atoms with Gasteiger partial charge in [0.1, 0.15) is 5.75 Å². The molecule has 0 unspecified atom stereocenters. The summed E-state index contributed by atoms with van der Waals surface area (Å²) in [5, 5.41) is 2.83. The van der Waals surface area contributed by atoms with Crippen LogP contribution in [0.1, 0.15) is 37.8 Å². The van der Waals surface area contributed by atoms with E-state index in [2.05, 4.69) is 12.2 Å². The summed E-state index contributed by atoms with van der Waals surface area (Å²) in [6.45, 7) is 4.29. The Morgan fingerprint density at radius 2 is 1.56 bits per heavy atom. The van der Waals surface area contributed by atoms with Crippen LogP contribution in [-0.2, 0) is 27.8 Å². The highest BCUT2D eigenvalue weighted by Gasteiger charge is 2.27. The first-order chi connectivity index (χ1) is 16.4. The minimum Gasteiger partial charge on any atom is -0.494 e. The number of hydrogen-bond acceptors (Lipinski definition) is 4. The molecule has 0 saturated carbocycles. The van der Waals surface area contributed by atoms with E-state index in [4.69, 9.17) is 4.74 Å². The van der Waals surface area contributed by atoms with Crippen LogP contribution in [0.15, 0.2) is 83.8 Å². The number of ether oxygens (including phenoxy) is 1. The fourth-order valence-electron chi connectivity index (χ4n) is 3.53. The first kappa shape index (κ1) is 25.5. The lowest BCUT2D eigenvalue weighted by molar-refractivity contribution is -0.116. The molecule has 0 heterocycles. The van der Waals surface area contributed by atoms with Gasteiger partial charge in [-0.15, -0.1) is 0 Å². The molecule has 0 aliphatic rings. The second-order valence-electron chi connectivity index (χ2n) is 8.01. The molecule has 3 rings (SSSR count). The van der Waals surface area contributed by atoms with Crippen molar-refractivity contribution in [1.82, 2.24) is 4.31 Å². The van der Waals surface area contributed by atoms with Gasteiger partial charge in [-0.1, -0.05) is 55.8 Å². The fourth-order valence-corrected chi connectivity index (χ4v) is 4.92. The zero-order chi connectivity index (χ0) is 24.4. The summed E-state index contributed by atoms with van der Waals surface area (Å²) in [6.07, 6.45) is 3.23. The van der Waals surface area contributed by atoms with Crippen LogP contribution in [0.3, 0.4) is 0 Å². The minimum atomic E-state index is -3.92. The largest absolute Gasteiger partial charge is 0.494 e. The number of nitrogens with zero attached hydrogens (tertiary/aromatic N) is 1. The Bertz CT molecular complexity index is 1150. The summed E-state index contributed by atoms with van der Waals surface area (Å²) in [7, 11) is -3.92. The monoisotopic (exact) mass is 480 g/mol. The van der Waals surface area contributed by atoms with Crippen molar-refractivity contribution in [2.45, 2.75) is 44.6 Å². The standard InChI is InChI=1S/C27H32N2O4S/c1-3-5-9-22-12-14-24(15-13-22)28-27(30)21-29(20-23-10-7-6-8-11-23)34(31,32)26-18-16-25(17-19-26)33-4-2/h6-8,10-19H,3-5,9,20-21H2,1-2H3,(H,28,30). The quantitative estimate of drug-likeness (QED) is 0.384. The predicted octanol–water partition coefficient (Wildman–Crippen LogP) is 5.26. The molecule has 1 N–H and O–H groups in total. The summed E-state index contributed by atoms with van der Waals surface area (Å²) in [5.41, 5.74) is 2.65. The van der Waals surface area contributed by atoms with Gasteiger partial charge in [-0.05, 0) is 67.3 Å². The molecule has 0 aliphatic carbocycles. The van der Waals surface area contributed by atoms with Crippen LogP contribution >= 0.6 is 0 Å². The Morgan fingerprint density at radius 3 is 2.18 bits per heavy atom. The number of benzene rings is 3. The normalized spacial score (nSPS) is 11.4. The van der Waals surface area contributed by atoms with Crippen LogP contribution < -0.4 is 10.1 Å². The zero-order valence-corrected chi connectivity index (χ0v) is 20.6.